The summed E-state index contributed by atoms with van der Waals surface area (Å²) in [5, 5.41) is 6.64. The molecule has 0 radical (unpaired) electrons. The molecule has 2 aromatic heterocycles. The van der Waals surface area contributed by atoms with Crippen molar-refractivity contribution < 1.29 is 4.79 Å². The highest BCUT2D eigenvalue weighted by Crippen LogP contribution is 2.29. The molecular weight excluding hydrogens is 300 g/mol. The summed E-state index contributed by atoms with van der Waals surface area (Å²) in [5.41, 5.74) is 0.544. The summed E-state index contributed by atoms with van der Waals surface area (Å²) in [7, 11) is 0. The Hall–Kier alpha value is -1.57. The van der Waals surface area contributed by atoms with Crippen LogP contribution in [0.15, 0.2) is 6.33 Å². The fourth-order valence-electron chi connectivity index (χ4n) is 2.14. The first-order valence-corrected chi connectivity index (χ1v) is 6.43. The molecule has 0 saturated carbocycles. The van der Waals surface area contributed by atoms with Crippen LogP contribution in [0.1, 0.15) is 24.3 Å². The molecule has 18 heavy (non-hydrogen) atoms. The summed E-state index contributed by atoms with van der Waals surface area (Å²) >= 11 is 3.44. The maximum absolute atomic E-state index is 12.4. The molecule has 96 valence electrons. The van der Waals surface area contributed by atoms with Crippen molar-refractivity contribution in [2.75, 3.05) is 17.1 Å². The summed E-state index contributed by atoms with van der Waals surface area (Å²) < 4.78 is 3.48. The molecule has 1 aliphatic rings. The summed E-state index contributed by atoms with van der Waals surface area (Å²) in [6.07, 6.45) is 1.57. The van der Waals surface area contributed by atoms with Crippen molar-refractivity contribution >= 4 is 33.6 Å². The molecule has 0 bridgehead atoms. The quantitative estimate of drug-likeness (QED) is 0.847. The molecule has 7 nitrogen and oxygen atoms in total. The Morgan fingerprint density at radius 3 is 3.06 bits per heavy atom. The van der Waals surface area contributed by atoms with Crippen LogP contribution < -0.4 is 3.93 Å². The van der Waals surface area contributed by atoms with Gasteiger partial charge in [-0.05, 0) is 5.92 Å². The average Bonchev–Trinajstić information content (AvgIpc) is 2.84. The molecule has 0 aromatic carbocycles. The van der Waals surface area contributed by atoms with Gasteiger partial charge in [0.1, 0.15) is 13.0 Å². The molecule has 0 spiro atoms. The number of hydrogen-bond acceptors (Lipinski definition) is 4. The minimum atomic E-state index is -0.0108. The van der Waals surface area contributed by atoms with Gasteiger partial charge in [0.05, 0.1) is 16.1 Å². The summed E-state index contributed by atoms with van der Waals surface area (Å²) in [6, 6.07) is 0. The lowest BCUT2D eigenvalue weighted by Crippen LogP contribution is -2.44. The Morgan fingerprint density at radius 2 is 2.33 bits per heavy atom. The SMILES string of the molecule is CC(C)CN1CN(Br)c2nc3[nH]ncn3c2C1=O. The molecule has 0 aliphatic carbocycles. The third-order valence-electron chi connectivity index (χ3n) is 2.83. The Kier molecular flexibility index (Phi) is 2.54. The monoisotopic (exact) mass is 312 g/mol. The van der Waals surface area contributed by atoms with Gasteiger partial charge in [0.15, 0.2) is 11.5 Å². The average molecular weight is 313 g/mol. The highest BCUT2D eigenvalue weighted by atomic mass is 79.9. The fraction of sp³-hybridized carbons (Fsp3) is 0.500. The van der Waals surface area contributed by atoms with Gasteiger partial charge in [0.2, 0.25) is 5.78 Å². The minimum absolute atomic E-state index is 0.0108. The Morgan fingerprint density at radius 1 is 1.56 bits per heavy atom. The van der Waals surface area contributed by atoms with Crippen molar-refractivity contribution in [2.24, 2.45) is 5.92 Å². The fourth-order valence-corrected chi connectivity index (χ4v) is 2.65. The van der Waals surface area contributed by atoms with Gasteiger partial charge in [0, 0.05) is 6.54 Å². The van der Waals surface area contributed by atoms with Gasteiger partial charge < -0.3 is 4.90 Å². The second-order valence-electron chi connectivity index (χ2n) is 4.76. The molecule has 2 aromatic rings. The van der Waals surface area contributed by atoms with E-state index in [4.69, 9.17) is 0 Å². The smallest absolute Gasteiger partial charge is 0.276 e. The van der Waals surface area contributed by atoms with E-state index in [-0.39, 0.29) is 5.91 Å². The molecule has 8 heteroatoms. The van der Waals surface area contributed by atoms with Gasteiger partial charge in [-0.25, -0.2) is 5.10 Å². The molecule has 1 N–H and O–H groups in total. The van der Waals surface area contributed by atoms with E-state index in [1.807, 2.05) is 0 Å². The van der Waals surface area contributed by atoms with Gasteiger partial charge in [-0.3, -0.25) is 13.1 Å². The van der Waals surface area contributed by atoms with Crippen molar-refractivity contribution in [3.8, 4) is 0 Å². The second kappa shape index (κ2) is 3.98. The van der Waals surface area contributed by atoms with Crippen LogP contribution in [0.2, 0.25) is 0 Å². The number of aromatic amines is 1. The van der Waals surface area contributed by atoms with E-state index in [2.05, 4.69) is 45.2 Å². The molecule has 0 fully saturated rings. The van der Waals surface area contributed by atoms with Gasteiger partial charge in [0.25, 0.3) is 5.91 Å². The van der Waals surface area contributed by atoms with E-state index in [1.165, 1.54) is 0 Å². The van der Waals surface area contributed by atoms with Crippen LogP contribution in [-0.2, 0) is 0 Å². The van der Waals surface area contributed by atoms with E-state index in [0.717, 1.165) is 0 Å². The largest absolute Gasteiger partial charge is 0.318 e. The summed E-state index contributed by atoms with van der Waals surface area (Å²) in [4.78, 5) is 18.6. The highest BCUT2D eigenvalue weighted by molar-refractivity contribution is 9.10. The van der Waals surface area contributed by atoms with Crippen LogP contribution in [0.3, 0.4) is 0 Å². The number of fused-ring (bicyclic) bond motifs is 3. The Labute approximate surface area is 112 Å². The third kappa shape index (κ3) is 1.59. The number of hydrogen-bond donors (Lipinski definition) is 1. The predicted octanol–water partition coefficient (Wildman–Crippen LogP) is 1.24. The molecule has 3 heterocycles. The minimum Gasteiger partial charge on any atom is -0.318 e. The van der Waals surface area contributed by atoms with Gasteiger partial charge in [-0.2, -0.15) is 10.1 Å². The standard InChI is InChI=1S/C10H13BrN6O/c1-6(2)3-15-5-17(11)8-7(9(15)18)16-4-12-14-10(16)13-8/h4,6H,3,5H2,1-2H3,(H,13,14). The number of anilines is 1. The van der Waals surface area contributed by atoms with E-state index in [9.17, 15) is 4.79 Å². The van der Waals surface area contributed by atoms with Crippen LogP contribution in [0.25, 0.3) is 5.78 Å². The van der Waals surface area contributed by atoms with Crippen LogP contribution in [0, 0.1) is 5.92 Å². The number of nitrogens with one attached hydrogen (secondary N) is 1. The summed E-state index contributed by atoms with van der Waals surface area (Å²) in [6.45, 7) is 5.39. The second-order valence-corrected chi connectivity index (χ2v) is 5.62. The van der Waals surface area contributed by atoms with Gasteiger partial charge >= 0.3 is 0 Å². The summed E-state index contributed by atoms with van der Waals surface area (Å²) in [5.74, 6) is 1.62. The number of amides is 1. The van der Waals surface area contributed by atoms with E-state index < -0.39 is 0 Å². The van der Waals surface area contributed by atoms with Crippen LogP contribution in [-0.4, -0.2) is 43.6 Å². The topological polar surface area (TPSA) is 69.5 Å². The normalized spacial score (nSPS) is 15.9. The van der Waals surface area contributed by atoms with Crippen molar-refractivity contribution in [2.45, 2.75) is 13.8 Å². The predicted molar refractivity (Wildman–Crippen MR) is 69.5 cm³/mol. The number of rotatable bonds is 2. The van der Waals surface area contributed by atoms with Crippen molar-refractivity contribution in [3.63, 3.8) is 0 Å². The van der Waals surface area contributed by atoms with Crippen molar-refractivity contribution in [1.29, 1.82) is 0 Å². The zero-order chi connectivity index (χ0) is 12.9. The van der Waals surface area contributed by atoms with Crippen LogP contribution in [0.5, 0.6) is 0 Å². The van der Waals surface area contributed by atoms with E-state index in [0.29, 0.717) is 36.4 Å². The number of carbonyl (C=O) groups is 1. The molecule has 1 aliphatic heterocycles. The molecular formula is C10H13BrN6O. The first-order chi connectivity index (χ1) is 8.58. The molecule has 3 rings (SSSR count). The lowest BCUT2D eigenvalue weighted by atomic mass is 10.2. The highest BCUT2D eigenvalue weighted by Gasteiger charge is 2.33. The number of aromatic nitrogens is 4. The van der Waals surface area contributed by atoms with Crippen LogP contribution >= 0.6 is 16.1 Å². The van der Waals surface area contributed by atoms with Gasteiger partial charge in [-0.1, -0.05) is 13.8 Å². The molecule has 1 amide bonds. The number of imidazole rings is 1. The molecule has 0 atom stereocenters. The Balaban J connectivity index is 2.08. The van der Waals surface area contributed by atoms with Gasteiger partial charge in [-0.15, -0.1) is 0 Å². The van der Waals surface area contributed by atoms with E-state index >= 15 is 0 Å². The first kappa shape index (κ1) is 11.5. The maximum Gasteiger partial charge on any atom is 0.276 e. The lowest BCUT2D eigenvalue weighted by molar-refractivity contribution is 0.0725. The van der Waals surface area contributed by atoms with Crippen molar-refractivity contribution in [1.82, 2.24) is 24.5 Å². The zero-order valence-corrected chi connectivity index (χ0v) is 11.7. The molecule has 0 saturated heterocycles. The maximum atomic E-state index is 12.4. The van der Waals surface area contributed by atoms with Crippen molar-refractivity contribution in [3.05, 3.63) is 12.0 Å². The number of halogens is 1. The number of nitrogens with zero attached hydrogens (tertiary/aromatic N) is 5. The number of H-pyrrole nitrogens is 1. The lowest BCUT2D eigenvalue weighted by Gasteiger charge is -2.32. The molecule has 0 unspecified atom stereocenters. The number of carbonyl (C=O) groups excluding carboxylic acids is 1. The first-order valence-electron chi connectivity index (χ1n) is 5.72. The van der Waals surface area contributed by atoms with E-state index in [1.54, 1.807) is 19.6 Å². The third-order valence-corrected chi connectivity index (χ3v) is 3.39. The Bertz CT molecular complexity index is 603. The zero-order valence-electron chi connectivity index (χ0n) is 10.1. The van der Waals surface area contributed by atoms with Crippen LogP contribution in [0.4, 0.5) is 5.82 Å².